The van der Waals surface area contributed by atoms with Crippen LogP contribution in [0.1, 0.15) is 29.2 Å². The fraction of sp³-hybridized carbons (Fsp3) is 0.286. The van der Waals surface area contributed by atoms with E-state index in [2.05, 4.69) is 15.0 Å². The number of rotatable bonds is 4. The highest BCUT2D eigenvalue weighted by Crippen LogP contribution is 2.25. The number of carbonyl (C=O) groups is 1. The minimum Gasteiger partial charge on any atom is -0.337 e. The monoisotopic (exact) mass is 432 g/mol. The molecule has 1 fully saturated rings. The van der Waals surface area contributed by atoms with Gasteiger partial charge >= 0.3 is 0 Å². The molecule has 6 nitrogen and oxygen atoms in total. The van der Waals surface area contributed by atoms with Gasteiger partial charge in [-0.3, -0.25) is 9.69 Å². The highest BCUT2D eigenvalue weighted by atomic mass is 35.5. The van der Waals surface area contributed by atoms with Crippen molar-refractivity contribution in [3.05, 3.63) is 70.6 Å². The van der Waals surface area contributed by atoms with E-state index in [1.165, 1.54) is 6.07 Å². The fourth-order valence-corrected chi connectivity index (χ4v) is 3.53. The predicted octanol–water partition coefficient (Wildman–Crippen LogP) is 4.19. The largest absolute Gasteiger partial charge is 0.337 e. The summed E-state index contributed by atoms with van der Waals surface area (Å²) in [6.45, 7) is 4.07. The Morgan fingerprint density at radius 1 is 1.07 bits per heavy atom. The molecule has 1 amide bonds. The molecule has 2 aromatic carbocycles. The van der Waals surface area contributed by atoms with Crippen LogP contribution in [0.3, 0.4) is 0 Å². The van der Waals surface area contributed by atoms with Gasteiger partial charge in [0.15, 0.2) is 11.6 Å². The molecular weight excluding hydrogens is 414 g/mol. The molecule has 0 unspecified atom stereocenters. The first-order valence-corrected chi connectivity index (χ1v) is 9.88. The Balaban J connectivity index is 1.38. The van der Waals surface area contributed by atoms with Gasteiger partial charge in [0.05, 0.1) is 6.04 Å². The van der Waals surface area contributed by atoms with E-state index in [1.54, 1.807) is 17.0 Å². The van der Waals surface area contributed by atoms with Crippen molar-refractivity contribution in [2.45, 2.75) is 13.0 Å². The quantitative estimate of drug-likeness (QED) is 0.618. The molecule has 156 valence electrons. The lowest BCUT2D eigenvalue weighted by Crippen LogP contribution is -2.49. The van der Waals surface area contributed by atoms with Crippen LogP contribution in [-0.2, 0) is 0 Å². The Kier molecular flexibility index (Phi) is 5.78. The van der Waals surface area contributed by atoms with Crippen molar-refractivity contribution in [3.63, 3.8) is 0 Å². The number of hydrogen-bond donors (Lipinski definition) is 0. The molecule has 2 heterocycles. The third kappa shape index (κ3) is 4.20. The summed E-state index contributed by atoms with van der Waals surface area (Å²) in [7, 11) is 0. The van der Waals surface area contributed by atoms with Gasteiger partial charge in [0.2, 0.25) is 11.7 Å². The molecule has 0 bridgehead atoms. The molecule has 0 spiro atoms. The van der Waals surface area contributed by atoms with E-state index >= 15 is 0 Å². The summed E-state index contributed by atoms with van der Waals surface area (Å²) in [6, 6.07) is 10.2. The summed E-state index contributed by atoms with van der Waals surface area (Å²) in [5, 5.41) is 4.67. The van der Waals surface area contributed by atoms with Gasteiger partial charge in [0.1, 0.15) is 0 Å². The molecule has 0 N–H and O–H groups in total. The summed E-state index contributed by atoms with van der Waals surface area (Å²) in [4.78, 5) is 20.8. The molecule has 0 radical (unpaired) electrons. The first-order chi connectivity index (χ1) is 14.4. The number of aromatic nitrogens is 2. The molecule has 1 atom stereocenters. The molecule has 30 heavy (non-hydrogen) atoms. The van der Waals surface area contributed by atoms with E-state index in [4.69, 9.17) is 16.1 Å². The third-order valence-electron chi connectivity index (χ3n) is 5.22. The zero-order valence-electron chi connectivity index (χ0n) is 16.2. The van der Waals surface area contributed by atoms with Crippen LogP contribution in [0.25, 0.3) is 11.4 Å². The maximum atomic E-state index is 13.4. The average Bonchev–Trinajstić information content (AvgIpc) is 3.25. The van der Waals surface area contributed by atoms with Crippen LogP contribution in [-0.4, -0.2) is 52.0 Å². The van der Waals surface area contributed by atoms with Gasteiger partial charge in [0.25, 0.3) is 5.91 Å². The molecule has 1 aliphatic heterocycles. The smallest absolute Gasteiger partial charge is 0.254 e. The number of carbonyl (C=O) groups excluding carboxylic acids is 1. The first-order valence-electron chi connectivity index (χ1n) is 9.50. The van der Waals surface area contributed by atoms with Crippen molar-refractivity contribution in [2.75, 3.05) is 26.2 Å². The Labute approximate surface area is 177 Å². The highest BCUT2D eigenvalue weighted by molar-refractivity contribution is 6.30. The number of nitrogens with zero attached hydrogens (tertiary/aromatic N) is 4. The SMILES string of the molecule is C[C@H](c1nc(-c2ccc(Cl)cc2)no1)N1CCN(C(=O)c2ccc(F)c(F)c2)CC1. The molecule has 0 saturated carbocycles. The van der Waals surface area contributed by atoms with Crippen LogP contribution in [0.15, 0.2) is 47.0 Å². The van der Waals surface area contributed by atoms with E-state index < -0.39 is 11.6 Å². The van der Waals surface area contributed by atoms with Gasteiger partial charge in [-0.15, -0.1) is 0 Å². The molecule has 1 saturated heterocycles. The summed E-state index contributed by atoms with van der Waals surface area (Å²) in [5.74, 6) is -1.34. The maximum absolute atomic E-state index is 13.4. The Morgan fingerprint density at radius 3 is 2.43 bits per heavy atom. The molecule has 0 aliphatic carbocycles. The first kappa shape index (κ1) is 20.4. The Hall–Kier alpha value is -2.84. The molecule has 1 aromatic heterocycles. The van der Waals surface area contributed by atoms with Crippen LogP contribution in [0.2, 0.25) is 5.02 Å². The second-order valence-corrected chi connectivity index (χ2v) is 7.53. The topological polar surface area (TPSA) is 62.5 Å². The summed E-state index contributed by atoms with van der Waals surface area (Å²) >= 11 is 5.91. The second-order valence-electron chi connectivity index (χ2n) is 7.10. The van der Waals surface area contributed by atoms with Gasteiger partial charge in [-0.25, -0.2) is 8.78 Å². The van der Waals surface area contributed by atoms with E-state index in [-0.39, 0.29) is 17.5 Å². The van der Waals surface area contributed by atoms with Crippen molar-refractivity contribution in [3.8, 4) is 11.4 Å². The van der Waals surface area contributed by atoms with E-state index in [1.807, 2.05) is 19.1 Å². The number of hydrogen-bond acceptors (Lipinski definition) is 5. The van der Waals surface area contributed by atoms with Gasteiger partial charge in [0, 0.05) is 42.3 Å². The highest BCUT2D eigenvalue weighted by Gasteiger charge is 2.28. The lowest BCUT2D eigenvalue weighted by atomic mass is 10.1. The zero-order chi connectivity index (χ0) is 21.3. The van der Waals surface area contributed by atoms with Crippen molar-refractivity contribution in [2.24, 2.45) is 0 Å². The summed E-state index contributed by atoms with van der Waals surface area (Å²) in [6.07, 6.45) is 0. The van der Waals surface area contributed by atoms with Gasteiger partial charge in [-0.2, -0.15) is 4.98 Å². The molecule has 1 aliphatic rings. The summed E-state index contributed by atoms with van der Waals surface area (Å²) in [5.41, 5.74) is 0.948. The predicted molar refractivity (Wildman–Crippen MR) is 107 cm³/mol. The molecule has 9 heteroatoms. The van der Waals surface area contributed by atoms with Crippen LogP contribution in [0.4, 0.5) is 8.78 Å². The average molecular weight is 433 g/mol. The van der Waals surface area contributed by atoms with Crippen LogP contribution in [0.5, 0.6) is 0 Å². The molecular formula is C21H19ClF2N4O2. The third-order valence-corrected chi connectivity index (χ3v) is 5.47. The Morgan fingerprint density at radius 2 is 1.77 bits per heavy atom. The van der Waals surface area contributed by atoms with Gasteiger partial charge in [-0.05, 0) is 49.4 Å². The van der Waals surface area contributed by atoms with E-state index in [0.717, 1.165) is 17.7 Å². The fourth-order valence-electron chi connectivity index (χ4n) is 3.40. The second kappa shape index (κ2) is 8.49. The number of halogens is 3. The maximum Gasteiger partial charge on any atom is 0.254 e. The van der Waals surface area contributed by atoms with E-state index in [9.17, 15) is 13.6 Å². The van der Waals surface area contributed by atoms with E-state index in [0.29, 0.717) is 42.9 Å². The van der Waals surface area contributed by atoms with Gasteiger partial charge < -0.3 is 9.42 Å². The minimum absolute atomic E-state index is 0.126. The van der Waals surface area contributed by atoms with Crippen molar-refractivity contribution < 1.29 is 18.1 Å². The molecule has 4 rings (SSSR count). The number of piperazine rings is 1. The van der Waals surface area contributed by atoms with Gasteiger partial charge in [-0.1, -0.05) is 16.8 Å². The lowest BCUT2D eigenvalue weighted by Gasteiger charge is -2.36. The zero-order valence-corrected chi connectivity index (χ0v) is 16.9. The number of benzene rings is 2. The van der Waals surface area contributed by atoms with Crippen molar-refractivity contribution in [1.29, 1.82) is 0 Å². The minimum atomic E-state index is -1.03. The lowest BCUT2D eigenvalue weighted by molar-refractivity contribution is 0.0551. The summed E-state index contributed by atoms with van der Waals surface area (Å²) < 4.78 is 32.0. The van der Waals surface area contributed by atoms with Crippen LogP contribution in [0, 0.1) is 11.6 Å². The number of amides is 1. The normalized spacial score (nSPS) is 15.9. The molecule has 3 aromatic rings. The van der Waals surface area contributed by atoms with Crippen LogP contribution >= 0.6 is 11.6 Å². The van der Waals surface area contributed by atoms with Crippen molar-refractivity contribution in [1.82, 2.24) is 19.9 Å². The van der Waals surface area contributed by atoms with Crippen LogP contribution < -0.4 is 0 Å². The standard InChI is InChI=1S/C21H19ClF2N4O2/c1-13(20-25-19(26-30-20)14-2-5-16(22)6-3-14)27-8-10-28(11-9-27)21(29)15-4-7-17(23)18(24)12-15/h2-7,12-13H,8-11H2,1H3/t13-/m1/s1. The Bertz CT molecular complexity index is 1050. The van der Waals surface area contributed by atoms with Crippen molar-refractivity contribution >= 4 is 17.5 Å².